The van der Waals surface area contributed by atoms with Gasteiger partial charge in [0.1, 0.15) is 17.1 Å². The molecule has 0 N–H and O–H groups in total. The fraction of sp³-hybridized carbons (Fsp3) is 0.722. The Bertz CT molecular complexity index is 1240. The normalized spacial score (nSPS) is 33.0. The average Bonchev–Trinajstić information content (AvgIpc) is 2.99. The van der Waals surface area contributed by atoms with Gasteiger partial charge in [-0.3, -0.25) is 9.59 Å². The Morgan fingerprint density at radius 1 is 0.750 bits per heavy atom. The maximum absolute atomic E-state index is 13.5. The van der Waals surface area contributed by atoms with Gasteiger partial charge in [-0.2, -0.15) is 0 Å². The van der Waals surface area contributed by atoms with Gasteiger partial charge in [-0.25, -0.2) is 0 Å². The molecular formula is C36H50O4. The Morgan fingerprint density at radius 3 is 1.85 bits per heavy atom. The molecule has 1 heterocycles. The summed E-state index contributed by atoms with van der Waals surface area (Å²) in [6, 6.07) is 7.15. The SMILES string of the molecule is CCCCCC12CCC(C(=O)Oc3ccc4oc(C56CCC(CCCCC)(CC5)CC6)cc(=O)c4c3)(CC1)CC2. The van der Waals surface area contributed by atoms with Gasteiger partial charge < -0.3 is 9.15 Å². The molecule has 40 heavy (non-hydrogen) atoms. The molecule has 1 aromatic heterocycles. The Balaban J connectivity index is 1.13. The van der Waals surface area contributed by atoms with Crippen LogP contribution in [0.5, 0.6) is 5.75 Å². The van der Waals surface area contributed by atoms with Crippen LogP contribution in [0.1, 0.15) is 148 Å². The summed E-state index contributed by atoms with van der Waals surface area (Å²) in [5.74, 6) is 1.25. The minimum absolute atomic E-state index is 0.0118. The Morgan fingerprint density at radius 2 is 1.30 bits per heavy atom. The van der Waals surface area contributed by atoms with Crippen molar-refractivity contribution in [1.29, 1.82) is 0 Å². The predicted octanol–water partition coefficient (Wildman–Crippen LogP) is 9.79. The van der Waals surface area contributed by atoms with Crippen LogP contribution in [0.4, 0.5) is 0 Å². The lowest BCUT2D eigenvalue weighted by atomic mass is 9.52. The van der Waals surface area contributed by atoms with Gasteiger partial charge >= 0.3 is 5.97 Å². The predicted molar refractivity (Wildman–Crippen MR) is 161 cm³/mol. The first kappa shape index (κ1) is 28.0. The summed E-state index contributed by atoms with van der Waals surface area (Å²) >= 11 is 0. The first-order chi connectivity index (χ1) is 19.3. The number of rotatable bonds is 11. The molecule has 0 saturated heterocycles. The van der Waals surface area contributed by atoms with E-state index in [0.29, 0.717) is 27.5 Å². The summed E-state index contributed by atoms with van der Waals surface area (Å²) < 4.78 is 12.5. The lowest BCUT2D eigenvalue weighted by Crippen LogP contribution is -2.47. The van der Waals surface area contributed by atoms with Crippen LogP contribution >= 0.6 is 0 Å². The van der Waals surface area contributed by atoms with Crippen molar-refractivity contribution in [2.45, 2.75) is 148 Å². The van der Waals surface area contributed by atoms with E-state index < -0.39 is 0 Å². The fourth-order valence-corrected chi connectivity index (χ4v) is 9.13. The van der Waals surface area contributed by atoms with Crippen molar-refractivity contribution in [3.8, 4) is 5.75 Å². The highest BCUT2D eigenvalue weighted by Gasteiger charge is 2.53. The standard InChI is InChI=1S/C36H50O4/c1-3-5-7-11-33-13-19-35(20-14-33,21-15-33)31-26-29(37)28-25-27(9-10-30(28)40-31)39-32(38)36-22-16-34(17-23-36,18-24-36)12-8-6-4-2/h9-10,25-26H,3-8,11-24H2,1-2H3. The minimum atomic E-state index is -0.344. The Kier molecular flexibility index (Phi) is 7.68. The molecule has 1 aromatic carbocycles. The molecule has 0 aliphatic heterocycles. The number of benzene rings is 1. The van der Waals surface area contributed by atoms with Crippen LogP contribution in [0.2, 0.25) is 0 Å². The monoisotopic (exact) mass is 546 g/mol. The van der Waals surface area contributed by atoms with E-state index in [1.807, 2.05) is 12.1 Å². The van der Waals surface area contributed by atoms with Crippen LogP contribution < -0.4 is 10.2 Å². The molecule has 6 fully saturated rings. The molecule has 218 valence electrons. The second-order valence-electron chi connectivity index (χ2n) is 14.5. The first-order valence-electron chi connectivity index (χ1n) is 16.7. The fourth-order valence-electron chi connectivity index (χ4n) is 9.13. The van der Waals surface area contributed by atoms with Crippen molar-refractivity contribution in [2.24, 2.45) is 16.2 Å². The molecule has 0 atom stereocenters. The van der Waals surface area contributed by atoms with E-state index in [-0.39, 0.29) is 22.2 Å². The largest absolute Gasteiger partial charge is 0.460 e. The van der Waals surface area contributed by atoms with Crippen LogP contribution in [0.15, 0.2) is 33.5 Å². The zero-order chi connectivity index (χ0) is 27.8. The molecule has 0 unspecified atom stereocenters. The van der Waals surface area contributed by atoms with E-state index >= 15 is 0 Å². The molecule has 2 aromatic rings. The number of hydrogen-bond donors (Lipinski definition) is 0. The van der Waals surface area contributed by atoms with Crippen LogP contribution in [0.3, 0.4) is 0 Å². The number of hydrogen-bond acceptors (Lipinski definition) is 4. The van der Waals surface area contributed by atoms with Crippen molar-refractivity contribution in [3.63, 3.8) is 0 Å². The third-order valence-electron chi connectivity index (χ3n) is 12.3. The number of unbranched alkanes of at least 4 members (excludes halogenated alkanes) is 4. The molecule has 6 aliphatic carbocycles. The van der Waals surface area contributed by atoms with E-state index in [9.17, 15) is 9.59 Å². The first-order valence-corrected chi connectivity index (χ1v) is 16.7. The van der Waals surface area contributed by atoms with Crippen LogP contribution in [0.25, 0.3) is 11.0 Å². The lowest BCUT2D eigenvalue weighted by molar-refractivity contribution is -0.156. The summed E-state index contributed by atoms with van der Waals surface area (Å²) in [6.07, 6.45) is 24.0. The molecule has 4 heteroatoms. The van der Waals surface area contributed by atoms with E-state index in [1.165, 1.54) is 70.6 Å². The third kappa shape index (κ3) is 5.07. The second kappa shape index (κ2) is 11.0. The van der Waals surface area contributed by atoms with E-state index in [1.54, 1.807) is 12.1 Å². The highest BCUT2D eigenvalue weighted by molar-refractivity contribution is 5.83. The average molecular weight is 547 g/mol. The summed E-state index contributed by atoms with van der Waals surface area (Å²) in [5.41, 5.74) is 1.26. The smallest absolute Gasteiger partial charge is 0.317 e. The Hall–Kier alpha value is -2.10. The van der Waals surface area contributed by atoms with Crippen molar-refractivity contribution in [2.75, 3.05) is 0 Å². The molecule has 6 aliphatic rings. The highest BCUT2D eigenvalue weighted by atomic mass is 16.5. The van der Waals surface area contributed by atoms with E-state index in [0.717, 1.165) is 63.5 Å². The van der Waals surface area contributed by atoms with Gasteiger partial charge in [-0.1, -0.05) is 52.4 Å². The zero-order valence-corrected chi connectivity index (χ0v) is 25.1. The summed E-state index contributed by atoms with van der Waals surface area (Å²) in [4.78, 5) is 26.8. The molecule has 0 amide bonds. The van der Waals surface area contributed by atoms with Gasteiger partial charge in [0.15, 0.2) is 5.43 Å². The quantitative estimate of drug-likeness (QED) is 0.160. The van der Waals surface area contributed by atoms with Gasteiger partial charge in [0.25, 0.3) is 0 Å². The van der Waals surface area contributed by atoms with Gasteiger partial charge in [-0.15, -0.1) is 0 Å². The number of fused-ring (bicyclic) bond motifs is 7. The van der Waals surface area contributed by atoms with E-state index in [4.69, 9.17) is 9.15 Å². The van der Waals surface area contributed by atoms with Crippen molar-refractivity contribution in [1.82, 2.24) is 0 Å². The number of carbonyl (C=O) groups is 1. The van der Waals surface area contributed by atoms with Gasteiger partial charge in [-0.05, 0) is 119 Å². The van der Waals surface area contributed by atoms with Crippen LogP contribution in [-0.2, 0) is 10.2 Å². The molecule has 4 nitrogen and oxygen atoms in total. The lowest BCUT2D eigenvalue weighted by Gasteiger charge is -2.53. The maximum atomic E-state index is 13.5. The molecule has 4 bridgehead atoms. The Labute approximate surface area is 240 Å². The van der Waals surface area contributed by atoms with E-state index in [2.05, 4.69) is 13.8 Å². The molecule has 6 saturated carbocycles. The van der Waals surface area contributed by atoms with Gasteiger partial charge in [0.05, 0.1) is 10.8 Å². The number of esters is 1. The van der Waals surface area contributed by atoms with Crippen molar-refractivity contribution in [3.05, 3.63) is 40.2 Å². The van der Waals surface area contributed by atoms with Gasteiger partial charge in [0.2, 0.25) is 0 Å². The summed E-state index contributed by atoms with van der Waals surface area (Å²) in [5, 5.41) is 0.519. The number of carbonyl (C=O) groups excluding carboxylic acids is 1. The minimum Gasteiger partial charge on any atom is -0.460 e. The zero-order valence-electron chi connectivity index (χ0n) is 25.1. The van der Waals surface area contributed by atoms with Crippen molar-refractivity contribution < 1.29 is 13.9 Å². The highest BCUT2D eigenvalue weighted by Crippen LogP contribution is 2.60. The molecule has 0 spiro atoms. The summed E-state index contributed by atoms with van der Waals surface area (Å²) in [7, 11) is 0. The van der Waals surface area contributed by atoms with Crippen LogP contribution in [-0.4, -0.2) is 5.97 Å². The molecular weight excluding hydrogens is 496 g/mol. The summed E-state index contributed by atoms with van der Waals surface area (Å²) in [6.45, 7) is 4.54. The van der Waals surface area contributed by atoms with Crippen LogP contribution in [0, 0.1) is 16.2 Å². The molecule has 0 radical (unpaired) electrons. The second-order valence-corrected chi connectivity index (χ2v) is 14.5. The third-order valence-corrected chi connectivity index (χ3v) is 12.3. The van der Waals surface area contributed by atoms with Crippen molar-refractivity contribution >= 4 is 16.9 Å². The topological polar surface area (TPSA) is 56.5 Å². The maximum Gasteiger partial charge on any atom is 0.317 e. The molecule has 8 rings (SSSR count). The van der Waals surface area contributed by atoms with Gasteiger partial charge in [0, 0.05) is 11.5 Å². The number of ether oxygens (including phenoxy) is 1.